The van der Waals surface area contributed by atoms with E-state index < -0.39 is 0 Å². The van der Waals surface area contributed by atoms with Crippen molar-refractivity contribution in [3.05, 3.63) is 40.6 Å². The van der Waals surface area contributed by atoms with Crippen molar-refractivity contribution in [3.63, 3.8) is 0 Å². The van der Waals surface area contributed by atoms with Gasteiger partial charge in [-0.2, -0.15) is 0 Å². The molecule has 0 spiro atoms. The van der Waals surface area contributed by atoms with Gasteiger partial charge in [0.05, 0.1) is 18.1 Å². The van der Waals surface area contributed by atoms with Gasteiger partial charge in [-0.15, -0.1) is 11.3 Å². The van der Waals surface area contributed by atoms with E-state index in [2.05, 4.69) is 40.9 Å². The molecule has 0 aliphatic rings. The Labute approximate surface area is 93.8 Å². The van der Waals surface area contributed by atoms with Crippen molar-refractivity contribution >= 4 is 11.3 Å². The number of imidazole rings is 1. The number of aromatic nitrogens is 2. The first kappa shape index (κ1) is 10.4. The highest BCUT2D eigenvalue weighted by Gasteiger charge is 2.15. The van der Waals surface area contributed by atoms with E-state index in [4.69, 9.17) is 0 Å². The average Bonchev–Trinajstić information content (AvgIpc) is 2.85. The van der Waals surface area contributed by atoms with Gasteiger partial charge in [0.25, 0.3) is 0 Å². The minimum absolute atomic E-state index is 0.233. The molecule has 0 aromatic carbocycles. The molecule has 2 aromatic heterocycles. The fourth-order valence-corrected chi connectivity index (χ4v) is 2.40. The summed E-state index contributed by atoms with van der Waals surface area (Å²) in [5.41, 5.74) is 1.09. The van der Waals surface area contributed by atoms with Crippen molar-refractivity contribution in [2.24, 2.45) is 7.05 Å². The van der Waals surface area contributed by atoms with Gasteiger partial charge < -0.3 is 9.88 Å². The molecule has 2 aromatic rings. The largest absolute Gasteiger partial charge is 0.340 e. The highest BCUT2D eigenvalue weighted by Crippen LogP contribution is 2.24. The number of aryl methyl sites for hydroxylation is 1. The second-order valence-corrected chi connectivity index (χ2v) is 4.45. The minimum Gasteiger partial charge on any atom is -0.340 e. The van der Waals surface area contributed by atoms with Gasteiger partial charge in [0.1, 0.15) is 0 Å². The van der Waals surface area contributed by atoms with E-state index in [1.807, 2.05) is 17.9 Å². The SMILES string of the molecule is CCNC(c1cn(C)cn1)c1cccs1. The number of hydrogen-bond acceptors (Lipinski definition) is 3. The van der Waals surface area contributed by atoms with E-state index in [1.165, 1.54) is 4.88 Å². The zero-order chi connectivity index (χ0) is 10.7. The van der Waals surface area contributed by atoms with Crippen LogP contribution in [-0.2, 0) is 7.05 Å². The van der Waals surface area contributed by atoms with Crippen molar-refractivity contribution in [2.45, 2.75) is 13.0 Å². The molecule has 1 atom stereocenters. The summed E-state index contributed by atoms with van der Waals surface area (Å²) in [6.45, 7) is 3.06. The number of nitrogens with zero attached hydrogens (tertiary/aromatic N) is 2. The predicted octanol–water partition coefficient (Wildman–Crippen LogP) is 2.18. The van der Waals surface area contributed by atoms with Gasteiger partial charge in [-0.05, 0) is 18.0 Å². The molecule has 80 valence electrons. The summed E-state index contributed by atoms with van der Waals surface area (Å²) < 4.78 is 1.98. The van der Waals surface area contributed by atoms with Gasteiger partial charge in [-0.25, -0.2) is 4.98 Å². The summed E-state index contributed by atoms with van der Waals surface area (Å²) in [6, 6.07) is 4.45. The van der Waals surface area contributed by atoms with Crippen molar-refractivity contribution in [3.8, 4) is 0 Å². The molecule has 1 N–H and O–H groups in total. The third-order valence-corrected chi connectivity index (χ3v) is 3.19. The molecular weight excluding hydrogens is 206 g/mol. The Morgan fingerprint density at radius 2 is 2.47 bits per heavy atom. The first-order valence-electron chi connectivity index (χ1n) is 5.06. The van der Waals surface area contributed by atoms with Gasteiger partial charge in [0.15, 0.2) is 0 Å². The maximum Gasteiger partial charge on any atom is 0.0947 e. The van der Waals surface area contributed by atoms with Crippen molar-refractivity contribution in [1.29, 1.82) is 0 Å². The third-order valence-electron chi connectivity index (χ3n) is 2.26. The highest BCUT2D eigenvalue weighted by molar-refractivity contribution is 7.10. The predicted molar refractivity (Wildman–Crippen MR) is 63.0 cm³/mol. The molecule has 4 heteroatoms. The Morgan fingerprint density at radius 3 is 3.00 bits per heavy atom. The topological polar surface area (TPSA) is 29.9 Å². The first-order valence-corrected chi connectivity index (χ1v) is 5.94. The Hall–Kier alpha value is -1.13. The number of hydrogen-bond donors (Lipinski definition) is 1. The second-order valence-electron chi connectivity index (χ2n) is 3.47. The maximum atomic E-state index is 4.40. The molecule has 0 aliphatic heterocycles. The van der Waals surface area contributed by atoms with Gasteiger partial charge in [-0.3, -0.25) is 0 Å². The van der Waals surface area contributed by atoms with E-state index in [0.717, 1.165) is 12.2 Å². The van der Waals surface area contributed by atoms with Crippen LogP contribution in [-0.4, -0.2) is 16.1 Å². The third kappa shape index (κ3) is 2.27. The van der Waals surface area contributed by atoms with E-state index in [0.29, 0.717) is 0 Å². The lowest BCUT2D eigenvalue weighted by Gasteiger charge is -2.13. The zero-order valence-corrected chi connectivity index (χ0v) is 9.79. The maximum absolute atomic E-state index is 4.40. The Bertz CT molecular complexity index is 405. The summed E-state index contributed by atoms with van der Waals surface area (Å²) in [5, 5.41) is 5.55. The highest BCUT2D eigenvalue weighted by atomic mass is 32.1. The Balaban J connectivity index is 2.27. The second kappa shape index (κ2) is 4.59. The van der Waals surface area contributed by atoms with Crippen LogP contribution in [0.5, 0.6) is 0 Å². The van der Waals surface area contributed by atoms with Gasteiger partial charge in [0.2, 0.25) is 0 Å². The van der Waals surface area contributed by atoms with Crippen LogP contribution in [0.25, 0.3) is 0 Å². The summed E-state index contributed by atoms with van der Waals surface area (Å²) in [4.78, 5) is 5.71. The molecule has 0 bridgehead atoms. The Morgan fingerprint density at radius 1 is 1.60 bits per heavy atom. The van der Waals surface area contributed by atoms with E-state index in [-0.39, 0.29) is 6.04 Å². The molecule has 0 fully saturated rings. The lowest BCUT2D eigenvalue weighted by Crippen LogP contribution is -2.21. The Kier molecular flexibility index (Phi) is 3.18. The van der Waals surface area contributed by atoms with Crippen LogP contribution in [0.4, 0.5) is 0 Å². The molecular formula is C11H15N3S. The molecule has 0 aliphatic carbocycles. The molecule has 0 saturated carbocycles. The molecule has 2 rings (SSSR count). The molecule has 1 unspecified atom stereocenters. The monoisotopic (exact) mass is 221 g/mol. The average molecular weight is 221 g/mol. The van der Waals surface area contributed by atoms with Gasteiger partial charge >= 0.3 is 0 Å². The number of nitrogens with one attached hydrogen (secondary N) is 1. The van der Waals surface area contributed by atoms with Crippen molar-refractivity contribution in [1.82, 2.24) is 14.9 Å². The summed E-state index contributed by atoms with van der Waals surface area (Å²) in [7, 11) is 1.99. The lowest BCUT2D eigenvalue weighted by molar-refractivity contribution is 0.626. The van der Waals surface area contributed by atoms with Crippen LogP contribution in [0.1, 0.15) is 23.5 Å². The molecule has 3 nitrogen and oxygen atoms in total. The summed E-state index contributed by atoms with van der Waals surface area (Å²) in [5.74, 6) is 0. The standard InChI is InChI=1S/C11H15N3S/c1-3-12-11(10-5-4-6-15-10)9-7-14(2)8-13-9/h4-8,11-12H,3H2,1-2H3. The van der Waals surface area contributed by atoms with Crippen LogP contribution in [0, 0.1) is 0 Å². The zero-order valence-electron chi connectivity index (χ0n) is 8.97. The fourth-order valence-electron chi connectivity index (χ4n) is 1.59. The number of rotatable bonds is 4. The van der Waals surface area contributed by atoms with Crippen LogP contribution < -0.4 is 5.32 Å². The molecule has 0 amide bonds. The van der Waals surface area contributed by atoms with Crippen LogP contribution >= 0.6 is 11.3 Å². The lowest BCUT2D eigenvalue weighted by atomic mass is 10.2. The quantitative estimate of drug-likeness (QED) is 0.857. The van der Waals surface area contributed by atoms with Crippen LogP contribution in [0.15, 0.2) is 30.0 Å². The normalized spacial score (nSPS) is 12.9. The van der Waals surface area contributed by atoms with E-state index in [9.17, 15) is 0 Å². The summed E-state index contributed by atoms with van der Waals surface area (Å²) in [6.07, 6.45) is 3.90. The van der Waals surface area contributed by atoms with Crippen molar-refractivity contribution < 1.29 is 0 Å². The number of thiophene rings is 1. The van der Waals surface area contributed by atoms with Crippen LogP contribution in [0.2, 0.25) is 0 Å². The summed E-state index contributed by atoms with van der Waals surface area (Å²) >= 11 is 1.76. The first-order chi connectivity index (χ1) is 7.31. The van der Waals surface area contributed by atoms with Crippen molar-refractivity contribution in [2.75, 3.05) is 6.54 Å². The van der Waals surface area contributed by atoms with Gasteiger partial charge in [0, 0.05) is 18.1 Å². The van der Waals surface area contributed by atoms with E-state index in [1.54, 1.807) is 11.3 Å². The molecule has 2 heterocycles. The minimum atomic E-state index is 0.233. The fraction of sp³-hybridized carbons (Fsp3) is 0.364. The molecule has 15 heavy (non-hydrogen) atoms. The van der Waals surface area contributed by atoms with Gasteiger partial charge in [-0.1, -0.05) is 13.0 Å². The molecule has 0 radical (unpaired) electrons. The van der Waals surface area contributed by atoms with Crippen LogP contribution in [0.3, 0.4) is 0 Å². The van der Waals surface area contributed by atoms with E-state index >= 15 is 0 Å². The smallest absolute Gasteiger partial charge is 0.0947 e. The molecule has 0 saturated heterocycles.